The molecule has 72 valence electrons. The number of carbonyl (C=O) groups is 1. The summed E-state index contributed by atoms with van der Waals surface area (Å²) in [5, 5.41) is 2.19. The second-order valence-corrected chi connectivity index (χ2v) is 4.15. The highest BCUT2D eigenvalue weighted by Gasteiger charge is 2.11. The van der Waals surface area contributed by atoms with Crippen molar-refractivity contribution in [3.63, 3.8) is 0 Å². The molecule has 2 rings (SSSR count). The summed E-state index contributed by atoms with van der Waals surface area (Å²) in [5.74, 6) is 5.23. The van der Waals surface area contributed by atoms with Gasteiger partial charge >= 0.3 is 0 Å². The smallest absolute Gasteiger partial charge is 0.277 e. The van der Waals surface area contributed by atoms with Crippen LogP contribution in [0.25, 0.3) is 10.1 Å². The Labute approximate surface area is 85.7 Å². The van der Waals surface area contributed by atoms with E-state index in [0.29, 0.717) is 4.88 Å². The molecule has 0 aliphatic heterocycles. The zero-order valence-corrected chi connectivity index (χ0v) is 8.54. The predicted molar refractivity (Wildman–Crippen MR) is 58.1 cm³/mol. The van der Waals surface area contributed by atoms with Crippen LogP contribution in [0.5, 0.6) is 0 Å². The van der Waals surface area contributed by atoms with Crippen molar-refractivity contribution >= 4 is 27.3 Å². The molecular formula is C10H10N2OS. The molecule has 0 aliphatic rings. The number of hydrazine groups is 1. The summed E-state index contributed by atoms with van der Waals surface area (Å²) >= 11 is 1.46. The lowest BCUT2D eigenvalue weighted by molar-refractivity contribution is 0.0800. The molecule has 0 bridgehead atoms. The van der Waals surface area contributed by atoms with Gasteiger partial charge in [-0.15, -0.1) is 11.3 Å². The number of nitrogens with zero attached hydrogens (tertiary/aromatic N) is 1. The summed E-state index contributed by atoms with van der Waals surface area (Å²) in [5.41, 5.74) is 0. The second kappa shape index (κ2) is 3.40. The molecule has 1 heterocycles. The van der Waals surface area contributed by atoms with E-state index >= 15 is 0 Å². The molecule has 0 aliphatic carbocycles. The maximum absolute atomic E-state index is 11.5. The summed E-state index contributed by atoms with van der Waals surface area (Å²) in [6.45, 7) is 0. The van der Waals surface area contributed by atoms with Gasteiger partial charge in [0.05, 0.1) is 4.88 Å². The molecule has 2 aromatic rings. The Morgan fingerprint density at radius 3 is 2.79 bits per heavy atom. The number of amides is 1. The van der Waals surface area contributed by atoms with Crippen LogP contribution in [0.1, 0.15) is 9.67 Å². The number of rotatable bonds is 1. The number of thiophene rings is 1. The molecule has 0 unspecified atom stereocenters. The SMILES string of the molecule is CN(N)C(=O)c1cc2ccccc2s1. The van der Waals surface area contributed by atoms with Crippen LogP contribution in [0.2, 0.25) is 0 Å². The standard InChI is InChI=1S/C10H10N2OS/c1-12(11)10(13)9-6-7-4-2-3-5-8(7)14-9/h2-6H,11H2,1H3. The molecule has 0 radical (unpaired) electrons. The normalized spacial score (nSPS) is 10.4. The largest absolute Gasteiger partial charge is 0.279 e. The summed E-state index contributed by atoms with van der Waals surface area (Å²) in [6, 6.07) is 9.76. The lowest BCUT2D eigenvalue weighted by Crippen LogP contribution is -2.32. The van der Waals surface area contributed by atoms with E-state index in [2.05, 4.69) is 0 Å². The number of nitrogens with two attached hydrogens (primary N) is 1. The first-order valence-electron chi connectivity index (χ1n) is 4.20. The van der Waals surface area contributed by atoms with E-state index in [1.165, 1.54) is 11.3 Å². The lowest BCUT2D eigenvalue weighted by Gasteiger charge is -2.06. The highest BCUT2D eigenvalue weighted by Crippen LogP contribution is 2.25. The summed E-state index contributed by atoms with van der Waals surface area (Å²) in [7, 11) is 1.55. The van der Waals surface area contributed by atoms with Crippen molar-refractivity contribution < 1.29 is 4.79 Å². The minimum absolute atomic E-state index is 0.147. The Kier molecular flexibility index (Phi) is 2.23. The Hall–Kier alpha value is -1.39. The molecule has 0 saturated heterocycles. The second-order valence-electron chi connectivity index (χ2n) is 3.06. The minimum Gasteiger partial charge on any atom is -0.279 e. The molecule has 1 amide bonds. The predicted octanol–water partition coefficient (Wildman–Crippen LogP) is 1.85. The van der Waals surface area contributed by atoms with Gasteiger partial charge in [-0.05, 0) is 17.5 Å². The van der Waals surface area contributed by atoms with E-state index in [0.717, 1.165) is 15.1 Å². The topological polar surface area (TPSA) is 46.3 Å². The van der Waals surface area contributed by atoms with Gasteiger partial charge in [-0.3, -0.25) is 9.80 Å². The van der Waals surface area contributed by atoms with Crippen LogP contribution in [0.4, 0.5) is 0 Å². The first-order chi connectivity index (χ1) is 6.68. The molecule has 0 atom stereocenters. The lowest BCUT2D eigenvalue weighted by atomic mass is 10.2. The van der Waals surface area contributed by atoms with Crippen molar-refractivity contribution in [2.24, 2.45) is 5.84 Å². The van der Waals surface area contributed by atoms with Gasteiger partial charge in [0.1, 0.15) is 0 Å². The van der Waals surface area contributed by atoms with Crippen LogP contribution in [0, 0.1) is 0 Å². The molecule has 1 aromatic carbocycles. The van der Waals surface area contributed by atoms with Crippen LogP contribution >= 0.6 is 11.3 Å². The Morgan fingerprint density at radius 1 is 1.43 bits per heavy atom. The fraction of sp³-hybridized carbons (Fsp3) is 0.100. The minimum atomic E-state index is -0.147. The van der Waals surface area contributed by atoms with Gasteiger partial charge < -0.3 is 0 Å². The van der Waals surface area contributed by atoms with E-state index in [1.54, 1.807) is 7.05 Å². The maximum Gasteiger partial charge on any atom is 0.277 e. The number of hydrogen-bond acceptors (Lipinski definition) is 3. The molecular weight excluding hydrogens is 196 g/mol. The zero-order valence-electron chi connectivity index (χ0n) is 7.73. The third-order valence-electron chi connectivity index (χ3n) is 1.96. The van der Waals surface area contributed by atoms with Gasteiger partial charge in [-0.25, -0.2) is 5.84 Å². The first-order valence-corrected chi connectivity index (χ1v) is 5.01. The molecule has 4 heteroatoms. The molecule has 0 fully saturated rings. The van der Waals surface area contributed by atoms with E-state index in [9.17, 15) is 4.79 Å². The van der Waals surface area contributed by atoms with E-state index in [4.69, 9.17) is 5.84 Å². The quantitative estimate of drug-likeness (QED) is 0.439. The van der Waals surface area contributed by atoms with Gasteiger partial charge in [0.15, 0.2) is 0 Å². The van der Waals surface area contributed by atoms with Crippen LogP contribution in [0.15, 0.2) is 30.3 Å². The number of carbonyl (C=O) groups excluding carboxylic acids is 1. The van der Waals surface area contributed by atoms with Crippen LogP contribution in [-0.2, 0) is 0 Å². The summed E-state index contributed by atoms with van der Waals surface area (Å²) in [6.07, 6.45) is 0. The molecule has 0 spiro atoms. The van der Waals surface area contributed by atoms with Crippen molar-refractivity contribution in [2.75, 3.05) is 7.05 Å². The number of hydrogen-bond donors (Lipinski definition) is 1. The van der Waals surface area contributed by atoms with E-state index in [-0.39, 0.29) is 5.91 Å². The van der Waals surface area contributed by atoms with Crippen molar-refractivity contribution in [1.82, 2.24) is 5.01 Å². The highest BCUT2D eigenvalue weighted by molar-refractivity contribution is 7.20. The third kappa shape index (κ3) is 1.49. The van der Waals surface area contributed by atoms with Crippen LogP contribution < -0.4 is 5.84 Å². The zero-order chi connectivity index (χ0) is 10.1. The van der Waals surface area contributed by atoms with Crippen molar-refractivity contribution in [3.05, 3.63) is 35.2 Å². The van der Waals surface area contributed by atoms with Crippen molar-refractivity contribution in [3.8, 4) is 0 Å². The highest BCUT2D eigenvalue weighted by atomic mass is 32.1. The number of fused-ring (bicyclic) bond motifs is 1. The van der Waals surface area contributed by atoms with Gasteiger partial charge in [-0.1, -0.05) is 18.2 Å². The fourth-order valence-corrected chi connectivity index (χ4v) is 2.31. The Balaban J connectivity index is 2.50. The average Bonchev–Trinajstić information content (AvgIpc) is 2.59. The molecule has 14 heavy (non-hydrogen) atoms. The monoisotopic (exact) mass is 206 g/mol. The average molecular weight is 206 g/mol. The van der Waals surface area contributed by atoms with Crippen molar-refractivity contribution in [2.45, 2.75) is 0 Å². The van der Waals surface area contributed by atoms with Crippen LogP contribution in [-0.4, -0.2) is 18.0 Å². The van der Waals surface area contributed by atoms with E-state index < -0.39 is 0 Å². The number of benzene rings is 1. The van der Waals surface area contributed by atoms with Gasteiger partial charge in [0.25, 0.3) is 5.91 Å². The molecule has 0 saturated carbocycles. The Bertz CT molecular complexity index is 443. The van der Waals surface area contributed by atoms with E-state index in [1.807, 2.05) is 30.3 Å². The maximum atomic E-state index is 11.5. The molecule has 2 N–H and O–H groups in total. The van der Waals surface area contributed by atoms with Gasteiger partial charge in [0.2, 0.25) is 0 Å². The fourth-order valence-electron chi connectivity index (χ4n) is 1.26. The van der Waals surface area contributed by atoms with Gasteiger partial charge in [0, 0.05) is 11.7 Å². The molecule has 1 aromatic heterocycles. The van der Waals surface area contributed by atoms with Crippen LogP contribution in [0.3, 0.4) is 0 Å². The summed E-state index contributed by atoms with van der Waals surface area (Å²) in [4.78, 5) is 12.2. The third-order valence-corrected chi connectivity index (χ3v) is 3.06. The summed E-state index contributed by atoms with van der Waals surface area (Å²) < 4.78 is 1.11. The van der Waals surface area contributed by atoms with Crippen molar-refractivity contribution in [1.29, 1.82) is 0 Å². The first kappa shape index (κ1) is 9.18. The molecule has 3 nitrogen and oxygen atoms in total. The Morgan fingerprint density at radius 2 is 2.14 bits per heavy atom. The van der Waals surface area contributed by atoms with Gasteiger partial charge in [-0.2, -0.15) is 0 Å².